The molecule has 1 saturated heterocycles. The van der Waals surface area contributed by atoms with Gasteiger partial charge in [-0.15, -0.1) is 11.3 Å². The summed E-state index contributed by atoms with van der Waals surface area (Å²) in [6.07, 6.45) is 3.32. The molecule has 2 aromatic heterocycles. The molecule has 42 heavy (non-hydrogen) atoms. The predicted octanol–water partition coefficient (Wildman–Crippen LogP) is 5.70. The summed E-state index contributed by atoms with van der Waals surface area (Å²) < 4.78 is 5.97. The highest BCUT2D eigenvalue weighted by Crippen LogP contribution is 2.47. The van der Waals surface area contributed by atoms with E-state index in [1.807, 2.05) is 55.5 Å². The monoisotopic (exact) mass is 582 g/mol. The van der Waals surface area contributed by atoms with E-state index in [4.69, 9.17) is 4.74 Å². The van der Waals surface area contributed by atoms with Crippen molar-refractivity contribution in [2.45, 2.75) is 32.5 Å². The Morgan fingerprint density at radius 3 is 2.74 bits per heavy atom. The number of nitrogens with zero attached hydrogens (tertiary/aromatic N) is 3. The van der Waals surface area contributed by atoms with Crippen LogP contribution in [0.2, 0.25) is 5.82 Å². The molecule has 0 saturated carbocycles. The number of likely N-dealkylation sites (tertiary alicyclic amines) is 1. The smallest absolute Gasteiger partial charge is 0.331 e. The van der Waals surface area contributed by atoms with Crippen molar-refractivity contribution in [2.24, 2.45) is 5.92 Å². The summed E-state index contributed by atoms with van der Waals surface area (Å²) >= 11 is 1.29. The number of anilines is 3. The number of thiophene rings is 1. The van der Waals surface area contributed by atoms with Crippen LogP contribution in [0.4, 0.5) is 21.9 Å². The van der Waals surface area contributed by atoms with E-state index in [1.165, 1.54) is 11.3 Å². The molecular weight excluding hydrogens is 551 g/mol. The first-order valence-corrected chi connectivity index (χ1v) is 14.9. The first kappa shape index (κ1) is 27.9. The number of piperidine rings is 1. The zero-order valence-electron chi connectivity index (χ0n) is 23.5. The van der Waals surface area contributed by atoms with Crippen LogP contribution in [0.5, 0.6) is 11.5 Å². The van der Waals surface area contributed by atoms with Gasteiger partial charge in [-0.1, -0.05) is 31.5 Å². The SMILES string of the molecule is Cc1cc(Oc2ccccc2)ccc1N1C(=O)Nc2c(C(=O)BC3CCCN(C(=O)[C@@H](C)CO)C3)sc3nccc1c23. The normalized spacial score (nSPS) is 17.1. The molecule has 2 atom stereocenters. The van der Waals surface area contributed by atoms with Crippen molar-refractivity contribution in [3.8, 4) is 11.5 Å². The van der Waals surface area contributed by atoms with Crippen molar-refractivity contribution < 1.29 is 24.2 Å². The molecule has 214 valence electrons. The van der Waals surface area contributed by atoms with Crippen molar-refractivity contribution >= 4 is 63.5 Å². The molecule has 0 aliphatic carbocycles. The number of aromatic nitrogens is 1. The van der Waals surface area contributed by atoms with Crippen LogP contribution in [0.15, 0.2) is 60.8 Å². The third kappa shape index (κ3) is 5.25. The minimum Gasteiger partial charge on any atom is -0.457 e. The molecule has 2 aliphatic heterocycles. The topological polar surface area (TPSA) is 112 Å². The largest absolute Gasteiger partial charge is 0.457 e. The van der Waals surface area contributed by atoms with Crippen LogP contribution in [-0.2, 0) is 4.79 Å². The standard InChI is InChI=1S/C31H31BN4O5S/c1-18-15-22(41-21-8-4-3-5-9-21)10-11-23(18)36-24-12-13-33-29-25(24)26(34-31(36)40)27(42-29)28(38)32-20-7-6-14-35(16-20)30(39)19(2)17-37/h3-5,8-13,15,19-20,32,37H,6-7,14,16-17H2,1-2H3,(H,34,40)/t19-,20?/m0/s1. The third-order valence-electron chi connectivity index (χ3n) is 7.89. The number of amides is 3. The van der Waals surface area contributed by atoms with E-state index >= 15 is 0 Å². The number of urea groups is 1. The van der Waals surface area contributed by atoms with E-state index in [-0.39, 0.29) is 37.3 Å². The van der Waals surface area contributed by atoms with E-state index in [9.17, 15) is 19.5 Å². The van der Waals surface area contributed by atoms with Gasteiger partial charge in [-0.3, -0.25) is 9.69 Å². The van der Waals surface area contributed by atoms with Crippen LogP contribution in [0, 0.1) is 12.8 Å². The minimum atomic E-state index is -0.453. The summed E-state index contributed by atoms with van der Waals surface area (Å²) in [5.41, 5.74) is 2.66. The molecule has 0 bridgehead atoms. The molecule has 2 aliphatic rings. The summed E-state index contributed by atoms with van der Waals surface area (Å²) in [6.45, 7) is 4.57. The number of aliphatic hydroxyl groups is 1. The summed E-state index contributed by atoms with van der Waals surface area (Å²) in [5.74, 6) is 0.871. The van der Waals surface area contributed by atoms with Crippen LogP contribution in [0.3, 0.4) is 0 Å². The van der Waals surface area contributed by atoms with Gasteiger partial charge in [-0.2, -0.15) is 0 Å². The summed E-state index contributed by atoms with van der Waals surface area (Å²) in [4.78, 5) is 48.9. The van der Waals surface area contributed by atoms with Crippen LogP contribution in [0.1, 0.15) is 35.0 Å². The number of carbonyl (C=O) groups excluding carboxylic acids is 3. The molecule has 0 radical (unpaired) electrons. The molecule has 2 aromatic carbocycles. The lowest BCUT2D eigenvalue weighted by Gasteiger charge is -2.33. The number of ether oxygens (including phenoxy) is 1. The molecule has 2 N–H and O–H groups in total. The van der Waals surface area contributed by atoms with Crippen molar-refractivity contribution in [1.82, 2.24) is 9.88 Å². The Morgan fingerprint density at radius 2 is 1.98 bits per heavy atom. The molecule has 11 heteroatoms. The number of hydrogen-bond acceptors (Lipinski definition) is 7. The lowest BCUT2D eigenvalue weighted by atomic mass is 9.57. The number of pyridine rings is 1. The van der Waals surface area contributed by atoms with Crippen molar-refractivity contribution in [3.63, 3.8) is 0 Å². The van der Waals surface area contributed by atoms with Gasteiger partial charge >= 0.3 is 6.03 Å². The molecule has 6 rings (SSSR count). The number of benzene rings is 2. The van der Waals surface area contributed by atoms with Crippen molar-refractivity contribution in [3.05, 3.63) is 71.2 Å². The highest BCUT2D eigenvalue weighted by molar-refractivity contribution is 7.23. The van der Waals surface area contributed by atoms with Crippen LogP contribution in [0.25, 0.3) is 10.2 Å². The number of hydrogen-bond donors (Lipinski definition) is 2. The predicted molar refractivity (Wildman–Crippen MR) is 166 cm³/mol. The molecule has 4 aromatic rings. The fourth-order valence-electron chi connectivity index (χ4n) is 5.76. The quantitative estimate of drug-likeness (QED) is 0.258. The van der Waals surface area contributed by atoms with Crippen LogP contribution < -0.4 is 15.0 Å². The average Bonchev–Trinajstić information content (AvgIpc) is 3.37. The lowest BCUT2D eigenvalue weighted by Crippen LogP contribution is -2.43. The van der Waals surface area contributed by atoms with Gasteiger partial charge in [0.15, 0.2) is 0 Å². The van der Waals surface area contributed by atoms with E-state index in [2.05, 4.69) is 10.3 Å². The number of aryl methyl sites for hydroxylation is 1. The van der Waals surface area contributed by atoms with Gasteiger partial charge in [0.05, 0.1) is 39.9 Å². The minimum absolute atomic E-state index is 0.0148. The fraction of sp³-hybridized carbons (Fsp3) is 0.290. The summed E-state index contributed by atoms with van der Waals surface area (Å²) in [7, 11) is 0.272. The van der Waals surface area contributed by atoms with Gasteiger partial charge in [-0.05, 0) is 61.1 Å². The molecule has 4 heterocycles. The first-order chi connectivity index (χ1) is 20.3. The van der Waals surface area contributed by atoms with E-state index in [1.54, 1.807) is 29.0 Å². The first-order valence-electron chi connectivity index (χ1n) is 14.1. The Balaban J connectivity index is 1.26. The summed E-state index contributed by atoms with van der Waals surface area (Å²) in [6, 6.07) is 16.5. The number of para-hydroxylation sites is 1. The van der Waals surface area contributed by atoms with Gasteiger partial charge in [-0.25, -0.2) is 9.78 Å². The van der Waals surface area contributed by atoms with E-state index < -0.39 is 5.92 Å². The maximum absolute atomic E-state index is 13.6. The van der Waals surface area contributed by atoms with Gasteiger partial charge < -0.3 is 24.9 Å². The second-order valence-electron chi connectivity index (χ2n) is 10.9. The number of aliphatic hydroxyl groups excluding tert-OH is 1. The molecule has 9 nitrogen and oxygen atoms in total. The fourth-order valence-corrected chi connectivity index (χ4v) is 6.83. The number of nitrogens with one attached hydrogen (secondary N) is 1. The molecule has 3 amide bonds. The van der Waals surface area contributed by atoms with Crippen LogP contribution >= 0.6 is 11.3 Å². The van der Waals surface area contributed by atoms with E-state index in [0.717, 1.165) is 29.5 Å². The lowest BCUT2D eigenvalue weighted by molar-refractivity contribution is -0.137. The molecule has 1 fully saturated rings. The average molecular weight is 582 g/mol. The Labute approximate surface area is 248 Å². The zero-order valence-corrected chi connectivity index (χ0v) is 24.3. The maximum atomic E-state index is 13.6. The molecule has 1 unspecified atom stereocenters. The maximum Gasteiger partial charge on any atom is 0.331 e. The number of carbonyl (C=O) groups is 3. The Kier molecular flexibility index (Phi) is 7.70. The highest BCUT2D eigenvalue weighted by Gasteiger charge is 2.35. The van der Waals surface area contributed by atoms with Gasteiger partial charge in [0, 0.05) is 19.3 Å². The Bertz CT molecular complexity index is 1680. The van der Waals surface area contributed by atoms with E-state index in [0.29, 0.717) is 45.6 Å². The summed E-state index contributed by atoms with van der Waals surface area (Å²) in [5, 5.41) is 13.1. The zero-order chi connectivity index (χ0) is 29.4. The van der Waals surface area contributed by atoms with Gasteiger partial charge in [0.25, 0.3) is 0 Å². The van der Waals surface area contributed by atoms with Gasteiger partial charge in [0.2, 0.25) is 13.2 Å². The number of rotatable bonds is 8. The Morgan fingerprint density at radius 1 is 1.17 bits per heavy atom. The molecule has 0 spiro atoms. The third-order valence-corrected chi connectivity index (χ3v) is 9.03. The van der Waals surface area contributed by atoms with Gasteiger partial charge in [0.1, 0.15) is 22.0 Å². The van der Waals surface area contributed by atoms with Crippen molar-refractivity contribution in [1.29, 1.82) is 0 Å². The Hall–Kier alpha value is -4.22. The van der Waals surface area contributed by atoms with Crippen LogP contribution in [-0.4, -0.2) is 59.6 Å². The second-order valence-corrected chi connectivity index (χ2v) is 11.9. The van der Waals surface area contributed by atoms with Crippen molar-refractivity contribution in [2.75, 3.05) is 29.9 Å². The molecular formula is C31H31BN4O5S. The second kappa shape index (κ2) is 11.6. The highest BCUT2D eigenvalue weighted by atomic mass is 32.1.